The fourth-order valence-corrected chi connectivity index (χ4v) is 8.33. The highest BCUT2D eigenvalue weighted by atomic mass is 19.1. The summed E-state index contributed by atoms with van der Waals surface area (Å²) in [5, 5.41) is 14.7. The van der Waals surface area contributed by atoms with Crippen molar-refractivity contribution >= 4 is 16.7 Å². The Balaban J connectivity index is 1.23. The molecule has 1 aliphatic carbocycles. The lowest BCUT2D eigenvalue weighted by molar-refractivity contribution is 0.107. The molecule has 1 unspecified atom stereocenters. The molecule has 2 aromatic heterocycles. The number of nitrogens with one attached hydrogen (secondary N) is 1. The third-order valence-corrected chi connectivity index (χ3v) is 10.2. The molecule has 1 aromatic carbocycles. The number of alkyl halides is 1. The van der Waals surface area contributed by atoms with E-state index in [1.807, 2.05) is 0 Å². The first-order valence-corrected chi connectivity index (χ1v) is 15.1. The lowest BCUT2D eigenvalue weighted by Gasteiger charge is -2.34. The smallest absolute Gasteiger partial charge is 0.319 e. The average Bonchev–Trinajstić information content (AvgIpc) is 3.69. The van der Waals surface area contributed by atoms with Gasteiger partial charge < -0.3 is 20.1 Å². The van der Waals surface area contributed by atoms with E-state index in [1.165, 1.54) is 0 Å². The van der Waals surface area contributed by atoms with Crippen LogP contribution in [0, 0.1) is 5.82 Å². The van der Waals surface area contributed by atoms with Crippen molar-refractivity contribution in [3.05, 3.63) is 35.3 Å². The summed E-state index contributed by atoms with van der Waals surface area (Å²) in [5.41, 5.74) is 2.70. The van der Waals surface area contributed by atoms with Gasteiger partial charge in [-0.15, -0.1) is 0 Å². The van der Waals surface area contributed by atoms with E-state index < -0.39 is 12.0 Å². The minimum Gasteiger partial charge on any atom is -0.508 e. The molecule has 5 atom stereocenters. The SMILES string of the molecule is CC1CCc2cc(O)cc(-c3ncc4c(N5C[C@H]6CC[C@@H](C5)N6)nc(OC[C@@]56CCCN5C[C@H](F)C6)nc4c3F)c21. The Morgan fingerprint density at radius 3 is 2.80 bits per heavy atom. The molecule has 3 aromatic rings. The van der Waals surface area contributed by atoms with Crippen LogP contribution in [0.3, 0.4) is 0 Å². The molecule has 8 nitrogen and oxygen atoms in total. The number of aryl methyl sites for hydroxylation is 1. The van der Waals surface area contributed by atoms with Crippen LogP contribution >= 0.6 is 0 Å². The van der Waals surface area contributed by atoms with Crippen molar-refractivity contribution in [2.24, 2.45) is 0 Å². The lowest BCUT2D eigenvalue weighted by Crippen LogP contribution is -2.51. The first-order chi connectivity index (χ1) is 19.9. The summed E-state index contributed by atoms with van der Waals surface area (Å²) < 4.78 is 37.3. The van der Waals surface area contributed by atoms with E-state index in [9.17, 15) is 9.50 Å². The van der Waals surface area contributed by atoms with Crippen molar-refractivity contribution in [2.75, 3.05) is 37.7 Å². The maximum atomic E-state index is 16.6. The summed E-state index contributed by atoms with van der Waals surface area (Å²) in [6.45, 7) is 5.25. The van der Waals surface area contributed by atoms with Gasteiger partial charge in [-0.3, -0.25) is 9.88 Å². The van der Waals surface area contributed by atoms with Gasteiger partial charge in [-0.1, -0.05) is 6.92 Å². The Hall–Kier alpha value is -3.11. The minimum absolute atomic E-state index is 0.112. The van der Waals surface area contributed by atoms with Gasteiger partial charge >= 0.3 is 6.01 Å². The number of fused-ring (bicyclic) bond motifs is 5. The van der Waals surface area contributed by atoms with Crippen LogP contribution in [0.1, 0.15) is 62.5 Å². The molecule has 8 rings (SSSR count). The van der Waals surface area contributed by atoms with Gasteiger partial charge in [-0.25, -0.2) is 8.78 Å². The number of hydrogen-bond acceptors (Lipinski definition) is 8. The van der Waals surface area contributed by atoms with Crippen molar-refractivity contribution in [1.29, 1.82) is 0 Å². The monoisotopic (exact) mass is 562 g/mol. The number of anilines is 1. The normalized spacial score (nSPS) is 30.8. The summed E-state index contributed by atoms with van der Waals surface area (Å²) in [4.78, 5) is 18.5. The number of pyridine rings is 1. The maximum Gasteiger partial charge on any atom is 0.319 e. The molecule has 0 saturated carbocycles. The van der Waals surface area contributed by atoms with E-state index in [2.05, 4.69) is 32.0 Å². The van der Waals surface area contributed by atoms with Crippen LogP contribution in [0.15, 0.2) is 18.3 Å². The van der Waals surface area contributed by atoms with E-state index >= 15 is 4.39 Å². The van der Waals surface area contributed by atoms with E-state index in [1.54, 1.807) is 18.3 Å². The first kappa shape index (κ1) is 25.6. The highest BCUT2D eigenvalue weighted by Crippen LogP contribution is 2.44. The molecule has 2 N–H and O–H groups in total. The van der Waals surface area contributed by atoms with E-state index in [0.717, 1.165) is 69.3 Å². The first-order valence-electron chi connectivity index (χ1n) is 15.1. The van der Waals surface area contributed by atoms with Crippen LogP contribution in [-0.2, 0) is 6.42 Å². The molecular formula is C31H36F2N6O2. The lowest BCUT2D eigenvalue weighted by atomic mass is 9.94. The zero-order valence-corrected chi connectivity index (χ0v) is 23.4. The molecule has 0 spiro atoms. The highest BCUT2D eigenvalue weighted by Gasteiger charge is 2.49. The Labute approximate surface area is 238 Å². The molecule has 6 heterocycles. The van der Waals surface area contributed by atoms with Gasteiger partial charge in [0.15, 0.2) is 5.82 Å². The topological polar surface area (TPSA) is 86.6 Å². The molecule has 10 heteroatoms. The molecule has 216 valence electrons. The number of aromatic nitrogens is 3. The third-order valence-electron chi connectivity index (χ3n) is 10.2. The van der Waals surface area contributed by atoms with Gasteiger partial charge in [0.05, 0.1) is 10.9 Å². The van der Waals surface area contributed by atoms with Crippen molar-refractivity contribution in [3.8, 4) is 23.0 Å². The van der Waals surface area contributed by atoms with Crippen LogP contribution in [0.4, 0.5) is 14.6 Å². The van der Waals surface area contributed by atoms with E-state index in [0.29, 0.717) is 41.8 Å². The van der Waals surface area contributed by atoms with Crippen LogP contribution in [-0.4, -0.2) is 81.5 Å². The molecule has 4 aliphatic heterocycles. The fourth-order valence-electron chi connectivity index (χ4n) is 8.33. The zero-order chi connectivity index (χ0) is 27.9. The largest absolute Gasteiger partial charge is 0.508 e. The number of benzene rings is 1. The fraction of sp³-hybridized carbons (Fsp3) is 0.581. The molecule has 4 fully saturated rings. The summed E-state index contributed by atoms with van der Waals surface area (Å²) >= 11 is 0. The quantitative estimate of drug-likeness (QED) is 0.471. The van der Waals surface area contributed by atoms with Gasteiger partial charge in [-0.05, 0) is 74.2 Å². The molecule has 0 radical (unpaired) electrons. The van der Waals surface area contributed by atoms with Crippen LogP contribution in [0.5, 0.6) is 11.8 Å². The van der Waals surface area contributed by atoms with Gasteiger partial charge in [0, 0.05) is 49.9 Å². The second-order valence-corrected chi connectivity index (χ2v) is 12.9. The van der Waals surface area contributed by atoms with Gasteiger partial charge in [0.1, 0.15) is 35.6 Å². The van der Waals surface area contributed by atoms with Crippen molar-refractivity contribution in [3.63, 3.8) is 0 Å². The zero-order valence-electron chi connectivity index (χ0n) is 23.4. The average molecular weight is 563 g/mol. The van der Waals surface area contributed by atoms with Crippen molar-refractivity contribution in [2.45, 2.75) is 81.6 Å². The van der Waals surface area contributed by atoms with E-state index in [4.69, 9.17) is 9.72 Å². The predicted octanol–water partition coefficient (Wildman–Crippen LogP) is 4.48. The summed E-state index contributed by atoms with van der Waals surface area (Å²) in [5.74, 6) is 0.451. The minimum atomic E-state index is -0.860. The number of piperazine rings is 1. The van der Waals surface area contributed by atoms with Crippen LogP contribution in [0.2, 0.25) is 0 Å². The Morgan fingerprint density at radius 2 is 1.98 bits per heavy atom. The van der Waals surface area contributed by atoms with Crippen LogP contribution < -0.4 is 15.0 Å². The number of phenols is 1. The summed E-state index contributed by atoms with van der Waals surface area (Å²) in [7, 11) is 0. The summed E-state index contributed by atoms with van der Waals surface area (Å²) in [6.07, 6.45) is 7.16. The second-order valence-electron chi connectivity index (χ2n) is 12.9. The van der Waals surface area contributed by atoms with Crippen molar-refractivity contribution in [1.82, 2.24) is 25.2 Å². The molecule has 5 aliphatic rings. The Bertz CT molecular complexity index is 1520. The van der Waals surface area contributed by atoms with Crippen LogP contribution in [0.25, 0.3) is 22.2 Å². The number of aromatic hydroxyl groups is 1. The van der Waals surface area contributed by atoms with Gasteiger partial charge in [0.25, 0.3) is 0 Å². The summed E-state index contributed by atoms with van der Waals surface area (Å²) in [6, 6.07) is 4.24. The number of halogens is 2. The second kappa shape index (κ2) is 9.46. The molecule has 2 bridgehead atoms. The number of hydrogen-bond donors (Lipinski definition) is 2. The van der Waals surface area contributed by atoms with Gasteiger partial charge in [-0.2, -0.15) is 9.97 Å². The number of phenolic OH excluding ortho intramolecular Hbond substituents is 1. The van der Waals surface area contributed by atoms with Gasteiger partial charge in [0.2, 0.25) is 0 Å². The third kappa shape index (κ3) is 4.16. The number of nitrogens with zero attached hydrogens (tertiary/aromatic N) is 5. The molecule has 41 heavy (non-hydrogen) atoms. The highest BCUT2D eigenvalue weighted by molar-refractivity contribution is 5.92. The number of ether oxygens (including phenoxy) is 1. The Morgan fingerprint density at radius 1 is 1.15 bits per heavy atom. The Kier molecular flexibility index (Phi) is 5.90. The molecule has 0 amide bonds. The van der Waals surface area contributed by atoms with E-state index in [-0.39, 0.29) is 41.0 Å². The standard InChI is InChI=1S/C31H36F2N6O2/c1-17-3-4-18-9-22(40)10-23(25(17)18)27-26(33)28-24(12-34-27)29(38-14-20-5-6-21(15-38)35-20)37-30(36-28)41-16-31-7-2-8-39(31)13-19(32)11-31/h9-10,12,17,19-21,35,40H,2-8,11,13-16H2,1H3/t17?,19-,20-,21+,31+/m1/s1. The molecule has 4 saturated heterocycles. The number of rotatable bonds is 5. The molecular weight excluding hydrogens is 526 g/mol. The predicted molar refractivity (Wildman–Crippen MR) is 152 cm³/mol. The maximum absolute atomic E-state index is 16.6. The van der Waals surface area contributed by atoms with Crippen molar-refractivity contribution < 1.29 is 18.6 Å².